The molecule has 1 N–H and O–H groups in total. The summed E-state index contributed by atoms with van der Waals surface area (Å²) in [4.78, 5) is 12.7. The van der Waals surface area contributed by atoms with E-state index in [2.05, 4.69) is 48.4 Å². The lowest BCUT2D eigenvalue weighted by atomic mass is 10.1. The molecule has 0 saturated carbocycles. The van der Waals surface area contributed by atoms with Crippen LogP contribution in [0.25, 0.3) is 0 Å². The average Bonchev–Trinajstić information content (AvgIpc) is 3.04. The molecule has 0 aromatic carbocycles. The minimum atomic E-state index is 0.460. The van der Waals surface area contributed by atoms with Crippen molar-refractivity contribution in [1.82, 2.24) is 15.3 Å². The zero-order valence-electron chi connectivity index (χ0n) is 12.5. The first-order valence-corrected chi connectivity index (χ1v) is 8.66. The molecule has 0 aliphatic heterocycles. The summed E-state index contributed by atoms with van der Waals surface area (Å²) in [5.74, 6) is 0.460. The number of anilines is 1. The number of rotatable bonds is 7. The molecule has 0 radical (unpaired) electrons. The topological polar surface area (TPSA) is 41.0 Å². The molecule has 2 heterocycles. The first-order chi connectivity index (χ1) is 9.61. The van der Waals surface area contributed by atoms with Crippen molar-refractivity contribution in [3.63, 3.8) is 0 Å². The largest absolute Gasteiger partial charge is 0.345 e. The van der Waals surface area contributed by atoms with Crippen LogP contribution in [0.3, 0.4) is 0 Å². The SMILES string of the molecule is CCNCc1sc(N(C)Cc2cscn2)nc1C(C)C. The van der Waals surface area contributed by atoms with Gasteiger partial charge in [-0.2, -0.15) is 0 Å². The zero-order valence-corrected chi connectivity index (χ0v) is 14.1. The first-order valence-electron chi connectivity index (χ1n) is 6.90. The summed E-state index contributed by atoms with van der Waals surface area (Å²) in [6.07, 6.45) is 0. The van der Waals surface area contributed by atoms with Gasteiger partial charge < -0.3 is 10.2 Å². The molecule has 20 heavy (non-hydrogen) atoms. The van der Waals surface area contributed by atoms with Gasteiger partial charge in [0.05, 0.1) is 23.4 Å². The number of nitrogens with zero attached hydrogens (tertiary/aromatic N) is 3. The summed E-state index contributed by atoms with van der Waals surface area (Å²) < 4.78 is 0. The van der Waals surface area contributed by atoms with E-state index in [4.69, 9.17) is 4.98 Å². The van der Waals surface area contributed by atoms with E-state index in [1.807, 2.05) is 5.51 Å². The molecule has 0 aliphatic rings. The van der Waals surface area contributed by atoms with Gasteiger partial charge in [0.15, 0.2) is 5.13 Å². The van der Waals surface area contributed by atoms with Crippen LogP contribution >= 0.6 is 22.7 Å². The number of aromatic nitrogens is 2. The molecule has 0 amide bonds. The van der Waals surface area contributed by atoms with Gasteiger partial charge in [-0.05, 0) is 12.5 Å². The Labute approximate surface area is 128 Å². The molecular weight excluding hydrogens is 288 g/mol. The van der Waals surface area contributed by atoms with Gasteiger partial charge in [-0.25, -0.2) is 9.97 Å². The molecule has 4 nitrogen and oxygen atoms in total. The quantitative estimate of drug-likeness (QED) is 0.850. The zero-order chi connectivity index (χ0) is 14.5. The Morgan fingerprint density at radius 3 is 2.80 bits per heavy atom. The standard InChI is InChI=1S/C14H22N4S2/c1-5-15-6-12-13(10(2)3)17-14(20-12)18(4)7-11-8-19-9-16-11/h8-10,15H,5-7H2,1-4H3. The Hall–Kier alpha value is -0.980. The van der Waals surface area contributed by atoms with Gasteiger partial charge in [-0.15, -0.1) is 22.7 Å². The second kappa shape index (κ2) is 7.15. The van der Waals surface area contributed by atoms with Gasteiger partial charge in [0, 0.05) is 23.8 Å². The molecular formula is C14H22N4S2. The van der Waals surface area contributed by atoms with E-state index < -0.39 is 0 Å². The predicted octanol–water partition coefficient (Wildman–Crippen LogP) is 3.47. The third-order valence-corrected chi connectivity index (χ3v) is 4.83. The van der Waals surface area contributed by atoms with Gasteiger partial charge in [0.1, 0.15) is 0 Å². The van der Waals surface area contributed by atoms with Crippen LogP contribution < -0.4 is 10.2 Å². The van der Waals surface area contributed by atoms with E-state index in [9.17, 15) is 0 Å². The first kappa shape index (κ1) is 15.4. The highest BCUT2D eigenvalue weighted by atomic mass is 32.1. The van der Waals surface area contributed by atoms with Gasteiger partial charge in [0.2, 0.25) is 0 Å². The molecule has 2 rings (SSSR count). The Kier molecular flexibility index (Phi) is 5.51. The molecule has 0 unspecified atom stereocenters. The maximum Gasteiger partial charge on any atom is 0.185 e. The molecule has 0 saturated heterocycles. The summed E-state index contributed by atoms with van der Waals surface area (Å²) >= 11 is 3.42. The summed E-state index contributed by atoms with van der Waals surface area (Å²) in [5.41, 5.74) is 4.20. The van der Waals surface area contributed by atoms with Gasteiger partial charge >= 0.3 is 0 Å². The molecule has 0 atom stereocenters. The maximum atomic E-state index is 4.82. The second-order valence-electron chi connectivity index (χ2n) is 5.08. The fraction of sp³-hybridized carbons (Fsp3) is 0.571. The van der Waals surface area contributed by atoms with Gasteiger partial charge in [-0.1, -0.05) is 20.8 Å². The minimum Gasteiger partial charge on any atom is -0.345 e. The van der Waals surface area contributed by atoms with Crippen molar-refractivity contribution in [2.75, 3.05) is 18.5 Å². The normalized spacial score (nSPS) is 11.2. The van der Waals surface area contributed by atoms with Crippen molar-refractivity contribution < 1.29 is 0 Å². The smallest absolute Gasteiger partial charge is 0.185 e. The van der Waals surface area contributed by atoms with Crippen molar-refractivity contribution in [3.8, 4) is 0 Å². The molecule has 0 bridgehead atoms. The highest BCUT2D eigenvalue weighted by Crippen LogP contribution is 2.30. The lowest BCUT2D eigenvalue weighted by molar-refractivity contribution is 0.713. The van der Waals surface area contributed by atoms with Crippen LogP contribution in [-0.2, 0) is 13.1 Å². The number of nitrogens with one attached hydrogen (secondary N) is 1. The predicted molar refractivity (Wildman–Crippen MR) is 87.8 cm³/mol. The van der Waals surface area contributed by atoms with E-state index >= 15 is 0 Å². The summed E-state index contributed by atoms with van der Waals surface area (Å²) in [6, 6.07) is 0. The summed E-state index contributed by atoms with van der Waals surface area (Å²) in [5, 5.41) is 6.57. The molecule has 2 aromatic rings. The van der Waals surface area contributed by atoms with Crippen molar-refractivity contribution in [1.29, 1.82) is 0 Å². The van der Waals surface area contributed by atoms with E-state index in [0.29, 0.717) is 5.92 Å². The van der Waals surface area contributed by atoms with Crippen molar-refractivity contribution in [2.24, 2.45) is 0 Å². The average molecular weight is 310 g/mol. The Bertz CT molecular complexity index is 519. The second-order valence-corrected chi connectivity index (χ2v) is 6.86. The summed E-state index contributed by atoms with van der Waals surface area (Å²) in [6.45, 7) is 9.25. The van der Waals surface area contributed by atoms with Crippen LogP contribution in [0.5, 0.6) is 0 Å². The van der Waals surface area contributed by atoms with Crippen LogP contribution in [0.4, 0.5) is 5.13 Å². The highest BCUT2D eigenvalue weighted by molar-refractivity contribution is 7.15. The molecule has 0 fully saturated rings. The van der Waals surface area contributed by atoms with Crippen LogP contribution in [0.1, 0.15) is 43.0 Å². The number of thiazole rings is 2. The van der Waals surface area contributed by atoms with Gasteiger partial charge in [0.25, 0.3) is 0 Å². The van der Waals surface area contributed by atoms with E-state index in [0.717, 1.165) is 30.5 Å². The lowest BCUT2D eigenvalue weighted by Gasteiger charge is -2.13. The van der Waals surface area contributed by atoms with Crippen LogP contribution in [0.2, 0.25) is 0 Å². The van der Waals surface area contributed by atoms with Crippen molar-refractivity contribution >= 4 is 27.8 Å². The monoisotopic (exact) mass is 310 g/mol. The fourth-order valence-electron chi connectivity index (χ4n) is 1.96. The Morgan fingerprint density at radius 2 is 2.20 bits per heavy atom. The van der Waals surface area contributed by atoms with Crippen LogP contribution in [0.15, 0.2) is 10.9 Å². The molecule has 110 valence electrons. The Morgan fingerprint density at radius 1 is 1.40 bits per heavy atom. The fourth-order valence-corrected chi connectivity index (χ4v) is 3.65. The van der Waals surface area contributed by atoms with Crippen LogP contribution in [-0.4, -0.2) is 23.6 Å². The van der Waals surface area contributed by atoms with E-state index in [1.165, 1.54) is 10.6 Å². The van der Waals surface area contributed by atoms with E-state index in [-0.39, 0.29) is 0 Å². The van der Waals surface area contributed by atoms with Gasteiger partial charge in [-0.3, -0.25) is 0 Å². The minimum absolute atomic E-state index is 0.460. The molecule has 6 heteroatoms. The number of hydrogen-bond donors (Lipinski definition) is 1. The summed E-state index contributed by atoms with van der Waals surface area (Å²) in [7, 11) is 2.08. The molecule has 2 aromatic heterocycles. The molecule has 0 spiro atoms. The number of hydrogen-bond acceptors (Lipinski definition) is 6. The molecule has 0 aliphatic carbocycles. The van der Waals surface area contributed by atoms with Crippen molar-refractivity contribution in [2.45, 2.75) is 39.8 Å². The Balaban J connectivity index is 2.14. The van der Waals surface area contributed by atoms with Crippen molar-refractivity contribution in [3.05, 3.63) is 27.2 Å². The maximum absolute atomic E-state index is 4.82. The highest BCUT2D eigenvalue weighted by Gasteiger charge is 2.16. The lowest BCUT2D eigenvalue weighted by Crippen LogP contribution is -2.16. The third-order valence-electron chi connectivity index (χ3n) is 3.01. The third kappa shape index (κ3) is 3.77. The van der Waals surface area contributed by atoms with E-state index in [1.54, 1.807) is 22.7 Å². The van der Waals surface area contributed by atoms with Crippen LogP contribution in [0, 0.1) is 0 Å².